The number of halogens is 3. The van der Waals surface area contributed by atoms with Gasteiger partial charge in [-0.3, -0.25) is 4.79 Å². The monoisotopic (exact) mass is 371 g/mol. The van der Waals surface area contributed by atoms with E-state index >= 15 is 0 Å². The third kappa shape index (κ3) is 4.35. The van der Waals surface area contributed by atoms with Crippen LogP contribution in [0.2, 0.25) is 0 Å². The zero-order valence-corrected chi connectivity index (χ0v) is 14.1. The molecule has 27 heavy (non-hydrogen) atoms. The lowest BCUT2D eigenvalue weighted by molar-refractivity contribution is -0.137. The quantitative estimate of drug-likeness (QED) is 0.669. The lowest BCUT2D eigenvalue weighted by Crippen LogP contribution is -2.13. The molecule has 0 aliphatic rings. The normalized spacial score (nSPS) is 11.3. The number of carbonyl (C=O) groups is 1. The zero-order chi connectivity index (χ0) is 19.4. The lowest BCUT2D eigenvalue weighted by atomic mass is 9.98. The number of anilines is 1. The Morgan fingerprint density at radius 3 is 2.11 bits per heavy atom. The first-order valence-corrected chi connectivity index (χ1v) is 8.16. The Bertz CT molecular complexity index is 933. The van der Waals surface area contributed by atoms with Crippen LogP contribution in [0.1, 0.15) is 21.5 Å². The summed E-state index contributed by atoms with van der Waals surface area (Å²) in [5.74, 6) is -0.373. The number of benzene rings is 3. The molecular weight excluding hydrogens is 355 g/mol. The van der Waals surface area contributed by atoms with Crippen molar-refractivity contribution in [2.45, 2.75) is 12.8 Å². The van der Waals surface area contributed by atoms with E-state index in [-0.39, 0.29) is 12.5 Å². The largest absolute Gasteiger partial charge is 0.416 e. The Hall–Kier alpha value is -3.12. The summed E-state index contributed by atoms with van der Waals surface area (Å²) in [7, 11) is 0. The minimum atomic E-state index is -4.41. The Morgan fingerprint density at radius 1 is 0.889 bits per heavy atom. The van der Waals surface area contributed by atoms with E-state index in [0.29, 0.717) is 22.4 Å². The van der Waals surface area contributed by atoms with E-state index < -0.39 is 11.7 Å². The van der Waals surface area contributed by atoms with Crippen LogP contribution in [0.3, 0.4) is 0 Å². The number of carbonyl (C=O) groups excluding carboxylic acids is 1. The summed E-state index contributed by atoms with van der Waals surface area (Å²) in [6.45, 7) is -0.0923. The molecule has 0 aliphatic carbocycles. The Kier molecular flexibility index (Phi) is 5.28. The fraction of sp³-hybridized carbons (Fsp3) is 0.0952. The summed E-state index contributed by atoms with van der Waals surface area (Å²) >= 11 is 0. The first kappa shape index (κ1) is 18.7. The first-order chi connectivity index (χ1) is 12.9. The molecule has 0 fully saturated rings. The molecule has 0 bridgehead atoms. The van der Waals surface area contributed by atoms with Crippen molar-refractivity contribution in [3.05, 3.63) is 89.5 Å². The smallest absolute Gasteiger partial charge is 0.392 e. The Balaban J connectivity index is 1.87. The molecule has 0 aliphatic heterocycles. The molecule has 0 heterocycles. The second-order valence-electron chi connectivity index (χ2n) is 5.93. The standard InChI is InChI=1S/C21H16F3NO2/c22-21(23,24)16-9-7-15(8-10-16)18-3-1-2-4-19(18)20(27)25-17-11-5-14(13-26)6-12-17/h1-12,26H,13H2,(H,25,27). The van der Waals surface area contributed by atoms with Gasteiger partial charge in [0.25, 0.3) is 5.91 Å². The number of nitrogens with one attached hydrogen (secondary N) is 1. The van der Waals surface area contributed by atoms with E-state index in [4.69, 9.17) is 5.11 Å². The van der Waals surface area contributed by atoms with Crippen LogP contribution in [0.5, 0.6) is 0 Å². The van der Waals surface area contributed by atoms with Gasteiger partial charge in [0, 0.05) is 11.3 Å². The number of aliphatic hydroxyl groups excluding tert-OH is 1. The van der Waals surface area contributed by atoms with Gasteiger partial charge in [0.2, 0.25) is 0 Å². The van der Waals surface area contributed by atoms with E-state index in [1.807, 2.05) is 0 Å². The summed E-state index contributed by atoms with van der Waals surface area (Å²) in [5.41, 5.74) is 1.94. The molecule has 0 aromatic heterocycles. The molecule has 1 amide bonds. The molecule has 138 valence electrons. The van der Waals surface area contributed by atoms with E-state index in [1.54, 1.807) is 48.5 Å². The summed E-state index contributed by atoms with van der Waals surface area (Å²) in [5, 5.41) is 11.8. The van der Waals surface area contributed by atoms with Crippen LogP contribution in [-0.2, 0) is 12.8 Å². The summed E-state index contributed by atoms with van der Waals surface area (Å²) in [6, 6.07) is 18.1. The highest BCUT2D eigenvalue weighted by atomic mass is 19.4. The summed E-state index contributed by atoms with van der Waals surface area (Å²) in [6.07, 6.45) is -4.41. The van der Waals surface area contributed by atoms with Crippen molar-refractivity contribution >= 4 is 11.6 Å². The van der Waals surface area contributed by atoms with Gasteiger partial charge in [-0.15, -0.1) is 0 Å². The molecule has 0 atom stereocenters. The highest BCUT2D eigenvalue weighted by molar-refractivity contribution is 6.08. The van der Waals surface area contributed by atoms with Gasteiger partial charge in [0.05, 0.1) is 12.2 Å². The molecule has 3 rings (SSSR count). The predicted molar refractivity (Wildman–Crippen MR) is 97.2 cm³/mol. The predicted octanol–water partition coefficient (Wildman–Crippen LogP) is 5.12. The van der Waals surface area contributed by atoms with E-state index in [1.165, 1.54) is 12.1 Å². The van der Waals surface area contributed by atoms with E-state index in [2.05, 4.69) is 5.32 Å². The van der Waals surface area contributed by atoms with Crippen molar-refractivity contribution in [3.63, 3.8) is 0 Å². The first-order valence-electron chi connectivity index (χ1n) is 8.16. The number of rotatable bonds is 4. The van der Waals surface area contributed by atoms with Gasteiger partial charge in [-0.2, -0.15) is 13.2 Å². The van der Waals surface area contributed by atoms with Crippen LogP contribution in [-0.4, -0.2) is 11.0 Å². The maximum absolute atomic E-state index is 12.7. The minimum Gasteiger partial charge on any atom is -0.392 e. The molecule has 3 aromatic rings. The number of aliphatic hydroxyl groups is 1. The van der Waals surface area contributed by atoms with Crippen LogP contribution in [0.4, 0.5) is 18.9 Å². The molecule has 2 N–H and O–H groups in total. The maximum Gasteiger partial charge on any atom is 0.416 e. The second kappa shape index (κ2) is 7.63. The van der Waals surface area contributed by atoms with Gasteiger partial charge in [-0.25, -0.2) is 0 Å². The zero-order valence-electron chi connectivity index (χ0n) is 14.1. The molecule has 0 saturated heterocycles. The molecule has 0 saturated carbocycles. The van der Waals surface area contributed by atoms with Gasteiger partial charge in [0.1, 0.15) is 0 Å². The average Bonchev–Trinajstić information content (AvgIpc) is 2.68. The topological polar surface area (TPSA) is 49.3 Å². The highest BCUT2D eigenvalue weighted by Crippen LogP contribution is 2.32. The Labute approximate surface area is 154 Å². The molecule has 0 spiro atoms. The lowest BCUT2D eigenvalue weighted by Gasteiger charge is -2.12. The second-order valence-corrected chi connectivity index (χ2v) is 5.93. The maximum atomic E-state index is 12.7. The van der Waals surface area contributed by atoms with Crippen molar-refractivity contribution in [2.75, 3.05) is 5.32 Å². The van der Waals surface area contributed by atoms with Crippen LogP contribution >= 0.6 is 0 Å². The highest BCUT2D eigenvalue weighted by Gasteiger charge is 2.30. The van der Waals surface area contributed by atoms with Crippen molar-refractivity contribution in [2.24, 2.45) is 0 Å². The molecular formula is C21H16F3NO2. The number of amides is 1. The summed E-state index contributed by atoms with van der Waals surface area (Å²) in [4.78, 5) is 12.6. The van der Waals surface area contributed by atoms with E-state index in [0.717, 1.165) is 17.7 Å². The van der Waals surface area contributed by atoms with Crippen molar-refractivity contribution in [3.8, 4) is 11.1 Å². The number of alkyl halides is 3. The van der Waals surface area contributed by atoms with Gasteiger partial charge in [0.15, 0.2) is 0 Å². The fourth-order valence-corrected chi connectivity index (χ4v) is 2.66. The molecule has 6 heteroatoms. The third-order valence-electron chi connectivity index (χ3n) is 4.09. The minimum absolute atomic E-state index is 0.0923. The van der Waals surface area contributed by atoms with E-state index in [9.17, 15) is 18.0 Å². The van der Waals surface area contributed by atoms with Gasteiger partial charge in [-0.05, 0) is 47.0 Å². The summed E-state index contributed by atoms with van der Waals surface area (Å²) < 4.78 is 38.2. The Morgan fingerprint density at radius 2 is 1.52 bits per heavy atom. The van der Waals surface area contributed by atoms with Crippen LogP contribution in [0.15, 0.2) is 72.8 Å². The molecule has 0 unspecified atom stereocenters. The number of hydrogen-bond donors (Lipinski definition) is 2. The molecule has 0 radical (unpaired) electrons. The molecule has 3 aromatic carbocycles. The van der Waals surface area contributed by atoms with Crippen molar-refractivity contribution in [1.29, 1.82) is 0 Å². The van der Waals surface area contributed by atoms with Gasteiger partial charge >= 0.3 is 6.18 Å². The SMILES string of the molecule is O=C(Nc1ccc(CO)cc1)c1ccccc1-c1ccc(C(F)(F)F)cc1. The third-order valence-corrected chi connectivity index (χ3v) is 4.09. The van der Waals surface area contributed by atoms with Gasteiger partial charge < -0.3 is 10.4 Å². The van der Waals surface area contributed by atoms with Crippen LogP contribution in [0, 0.1) is 0 Å². The van der Waals surface area contributed by atoms with Crippen molar-refractivity contribution < 1.29 is 23.1 Å². The number of hydrogen-bond acceptors (Lipinski definition) is 2. The average molecular weight is 371 g/mol. The van der Waals surface area contributed by atoms with Crippen LogP contribution < -0.4 is 5.32 Å². The molecule has 3 nitrogen and oxygen atoms in total. The van der Waals surface area contributed by atoms with Crippen molar-refractivity contribution in [1.82, 2.24) is 0 Å². The fourth-order valence-electron chi connectivity index (χ4n) is 2.66. The van der Waals surface area contributed by atoms with Gasteiger partial charge in [-0.1, -0.05) is 42.5 Å². The van der Waals surface area contributed by atoms with Crippen LogP contribution in [0.25, 0.3) is 11.1 Å².